The summed E-state index contributed by atoms with van der Waals surface area (Å²) < 4.78 is 40.8. The first-order valence-corrected chi connectivity index (χ1v) is 9.54. The number of pyridine rings is 1. The molecule has 3 rings (SSSR count). The molecule has 1 fully saturated rings. The van der Waals surface area contributed by atoms with Crippen molar-refractivity contribution in [3.8, 4) is 0 Å². The van der Waals surface area contributed by atoms with Crippen molar-refractivity contribution in [1.29, 1.82) is 0 Å². The van der Waals surface area contributed by atoms with Crippen molar-refractivity contribution in [2.75, 3.05) is 18.4 Å². The summed E-state index contributed by atoms with van der Waals surface area (Å²) in [5.41, 5.74) is -0.788. The van der Waals surface area contributed by atoms with Crippen LogP contribution in [0.3, 0.4) is 0 Å². The van der Waals surface area contributed by atoms with Crippen LogP contribution < -0.4 is 5.32 Å². The molecule has 1 aromatic heterocycles. The largest absolute Gasteiger partial charge is 0.417 e. The Balaban J connectivity index is 1.54. The van der Waals surface area contributed by atoms with Gasteiger partial charge in [-0.15, -0.1) is 0 Å². The molecule has 2 aromatic rings. The molecular weight excluding hydrogens is 431 g/mol. The molecule has 140 valence electrons. The summed E-state index contributed by atoms with van der Waals surface area (Å²) in [4.78, 5) is 4.88. The van der Waals surface area contributed by atoms with Crippen molar-refractivity contribution in [1.82, 2.24) is 9.29 Å². The van der Waals surface area contributed by atoms with Gasteiger partial charge in [0.1, 0.15) is 5.82 Å². The van der Waals surface area contributed by atoms with Gasteiger partial charge in [-0.25, -0.2) is 9.29 Å². The minimum absolute atomic E-state index is 0.249. The summed E-state index contributed by atoms with van der Waals surface area (Å²) in [6.07, 6.45) is -3.59. The molecule has 2 N–H and O–H groups in total. The summed E-state index contributed by atoms with van der Waals surface area (Å²) >= 11 is 4.97. The van der Waals surface area contributed by atoms with E-state index in [0.717, 1.165) is 28.2 Å². The zero-order chi connectivity index (χ0) is 18.7. The van der Waals surface area contributed by atoms with Crippen LogP contribution in [-0.4, -0.2) is 39.6 Å². The third-order valence-corrected chi connectivity index (χ3v) is 5.62. The maximum Gasteiger partial charge on any atom is 0.417 e. The fraction of sp³-hybridized carbons (Fsp3) is 0.353. The Labute approximate surface area is 162 Å². The first kappa shape index (κ1) is 19.5. The maximum absolute atomic E-state index is 12.6. The summed E-state index contributed by atoms with van der Waals surface area (Å²) in [7, 11) is 0. The highest BCUT2D eigenvalue weighted by Crippen LogP contribution is 2.30. The van der Waals surface area contributed by atoms with E-state index < -0.39 is 17.8 Å². The highest BCUT2D eigenvalue weighted by molar-refractivity contribution is 9.10. The molecule has 1 saturated heterocycles. The molecule has 1 aromatic carbocycles. The lowest BCUT2D eigenvalue weighted by molar-refractivity contribution is -0.137. The molecule has 4 nitrogen and oxygen atoms in total. The van der Waals surface area contributed by atoms with Crippen LogP contribution in [0.1, 0.15) is 12.0 Å². The fourth-order valence-electron chi connectivity index (χ4n) is 2.64. The zero-order valence-corrected chi connectivity index (χ0v) is 16.0. The van der Waals surface area contributed by atoms with Crippen LogP contribution in [0, 0.1) is 0 Å². The van der Waals surface area contributed by atoms with Gasteiger partial charge in [0.05, 0.1) is 17.7 Å². The maximum atomic E-state index is 12.6. The number of alkyl halides is 3. The van der Waals surface area contributed by atoms with Crippen molar-refractivity contribution < 1.29 is 18.3 Å². The lowest BCUT2D eigenvalue weighted by Crippen LogP contribution is -2.47. The topological polar surface area (TPSA) is 48.4 Å². The van der Waals surface area contributed by atoms with E-state index in [1.807, 2.05) is 24.3 Å². The van der Waals surface area contributed by atoms with Crippen LogP contribution in [0.2, 0.25) is 0 Å². The Morgan fingerprint density at radius 2 is 1.92 bits per heavy atom. The standard InChI is InChI=1S/C17H17BrF3N3OS/c18-12-2-4-13(5-3-12)26-24-8-7-14(15(25)10-24)23-16-6-1-11(9-22-16)17(19,20)21/h1-6,9,14-15,25H,7-8,10H2,(H,22,23). The van der Waals surface area contributed by atoms with Gasteiger partial charge in [0.25, 0.3) is 0 Å². The van der Waals surface area contributed by atoms with Crippen LogP contribution in [0.5, 0.6) is 0 Å². The van der Waals surface area contributed by atoms with Crippen LogP contribution in [0.15, 0.2) is 52.0 Å². The summed E-state index contributed by atoms with van der Waals surface area (Å²) in [6.45, 7) is 1.20. The van der Waals surface area contributed by atoms with E-state index in [-0.39, 0.29) is 6.04 Å². The van der Waals surface area contributed by atoms with Crippen molar-refractivity contribution in [2.24, 2.45) is 0 Å². The summed E-state index contributed by atoms with van der Waals surface area (Å²) in [6, 6.07) is 9.95. The molecule has 0 aliphatic carbocycles. The molecule has 0 saturated carbocycles. The van der Waals surface area contributed by atoms with Gasteiger partial charge >= 0.3 is 6.18 Å². The number of anilines is 1. The number of hydrogen-bond acceptors (Lipinski definition) is 5. The predicted octanol–water partition coefficient (Wildman–Crippen LogP) is 4.42. The lowest BCUT2D eigenvalue weighted by Gasteiger charge is -2.35. The van der Waals surface area contributed by atoms with E-state index >= 15 is 0 Å². The van der Waals surface area contributed by atoms with E-state index in [1.165, 1.54) is 6.07 Å². The average molecular weight is 448 g/mol. The molecule has 2 unspecified atom stereocenters. The van der Waals surface area contributed by atoms with Gasteiger partial charge in [0, 0.05) is 28.7 Å². The third-order valence-electron chi connectivity index (χ3n) is 4.02. The smallest absolute Gasteiger partial charge is 0.390 e. The number of nitrogens with zero attached hydrogens (tertiary/aromatic N) is 2. The number of β-amino-alcohol motifs (C(OH)–C–C–N with tert-alkyl or cyclic N) is 1. The summed E-state index contributed by atoms with van der Waals surface area (Å²) in [5, 5.41) is 13.4. The number of hydrogen-bond donors (Lipinski definition) is 2. The van der Waals surface area contributed by atoms with Gasteiger partial charge < -0.3 is 10.4 Å². The Bertz CT molecular complexity index is 728. The molecule has 0 spiro atoms. The van der Waals surface area contributed by atoms with Crippen LogP contribution in [0.25, 0.3) is 0 Å². The molecule has 0 radical (unpaired) electrons. The molecule has 0 amide bonds. The first-order valence-electron chi connectivity index (χ1n) is 7.97. The number of nitrogens with one attached hydrogen (secondary N) is 1. The van der Waals surface area contributed by atoms with Gasteiger partial charge in [0.2, 0.25) is 0 Å². The monoisotopic (exact) mass is 447 g/mol. The van der Waals surface area contributed by atoms with Gasteiger partial charge in [-0.3, -0.25) is 0 Å². The van der Waals surface area contributed by atoms with Crippen molar-refractivity contribution in [2.45, 2.75) is 29.6 Å². The molecule has 2 atom stereocenters. The molecule has 1 aliphatic heterocycles. The van der Waals surface area contributed by atoms with E-state index in [4.69, 9.17) is 0 Å². The molecule has 0 bridgehead atoms. The van der Waals surface area contributed by atoms with E-state index in [9.17, 15) is 18.3 Å². The normalized spacial score (nSPS) is 21.6. The second-order valence-corrected chi connectivity index (χ2v) is 8.06. The van der Waals surface area contributed by atoms with E-state index in [2.05, 4.69) is 30.5 Å². The fourth-order valence-corrected chi connectivity index (χ4v) is 3.88. The van der Waals surface area contributed by atoms with Gasteiger partial charge in [-0.1, -0.05) is 15.9 Å². The van der Waals surface area contributed by atoms with Crippen LogP contribution in [-0.2, 0) is 6.18 Å². The van der Waals surface area contributed by atoms with Gasteiger partial charge in [-0.05, 0) is 54.8 Å². The molecule has 1 aliphatic rings. The molecule has 2 heterocycles. The number of rotatable bonds is 4. The van der Waals surface area contributed by atoms with Crippen LogP contribution in [0.4, 0.5) is 19.0 Å². The number of halogens is 4. The highest BCUT2D eigenvalue weighted by atomic mass is 79.9. The lowest BCUT2D eigenvalue weighted by atomic mass is 10.0. The Morgan fingerprint density at radius 1 is 1.19 bits per heavy atom. The number of benzene rings is 1. The van der Waals surface area contributed by atoms with E-state index in [1.54, 1.807) is 11.9 Å². The molecule has 26 heavy (non-hydrogen) atoms. The Morgan fingerprint density at radius 3 is 2.50 bits per heavy atom. The Kier molecular flexibility index (Phi) is 6.11. The minimum Gasteiger partial charge on any atom is -0.390 e. The first-order chi connectivity index (χ1) is 12.3. The van der Waals surface area contributed by atoms with Crippen molar-refractivity contribution in [3.63, 3.8) is 0 Å². The van der Waals surface area contributed by atoms with Crippen LogP contribution >= 0.6 is 27.9 Å². The summed E-state index contributed by atoms with van der Waals surface area (Å²) in [5.74, 6) is 0.330. The predicted molar refractivity (Wildman–Crippen MR) is 98.8 cm³/mol. The van der Waals surface area contributed by atoms with Crippen molar-refractivity contribution in [3.05, 3.63) is 52.6 Å². The van der Waals surface area contributed by atoms with E-state index in [0.29, 0.717) is 18.8 Å². The quantitative estimate of drug-likeness (QED) is 0.679. The van der Waals surface area contributed by atoms with Gasteiger partial charge in [-0.2, -0.15) is 13.2 Å². The second-order valence-electron chi connectivity index (χ2n) is 5.97. The molecule has 9 heteroatoms. The second kappa shape index (κ2) is 8.16. The molecular formula is C17H17BrF3N3OS. The minimum atomic E-state index is -4.40. The number of piperidine rings is 1. The third kappa shape index (κ3) is 5.12. The van der Waals surface area contributed by atoms with Gasteiger partial charge in [0.15, 0.2) is 0 Å². The number of aromatic nitrogens is 1. The highest BCUT2D eigenvalue weighted by Gasteiger charge is 2.31. The zero-order valence-electron chi connectivity index (χ0n) is 13.6. The SMILES string of the molecule is OC1CN(Sc2ccc(Br)cc2)CCC1Nc1ccc(C(F)(F)F)cn1. The average Bonchev–Trinajstić information content (AvgIpc) is 2.59. The number of aliphatic hydroxyl groups is 1. The Hall–Kier alpha value is -1.29. The van der Waals surface area contributed by atoms with Crippen molar-refractivity contribution >= 4 is 33.7 Å². The number of aliphatic hydroxyl groups excluding tert-OH is 1.